The van der Waals surface area contributed by atoms with Crippen LogP contribution in [0, 0.1) is 5.92 Å². The molecular formula is C10H13NO5. The maximum Gasteiger partial charge on any atom is 0.333 e. The Labute approximate surface area is 91.9 Å². The van der Waals surface area contributed by atoms with Crippen molar-refractivity contribution in [2.24, 2.45) is 5.92 Å². The van der Waals surface area contributed by atoms with Crippen molar-refractivity contribution in [3.05, 3.63) is 23.8 Å². The van der Waals surface area contributed by atoms with Crippen molar-refractivity contribution in [2.45, 2.75) is 12.5 Å². The van der Waals surface area contributed by atoms with Gasteiger partial charge in [0.25, 0.3) is 0 Å². The zero-order chi connectivity index (χ0) is 12.3. The van der Waals surface area contributed by atoms with Crippen molar-refractivity contribution in [1.82, 2.24) is 5.32 Å². The van der Waals surface area contributed by atoms with Crippen LogP contribution in [0.1, 0.15) is 6.92 Å². The van der Waals surface area contributed by atoms with Crippen LogP contribution in [-0.2, 0) is 9.59 Å². The molecule has 0 fully saturated rings. The van der Waals surface area contributed by atoms with Gasteiger partial charge in [0.15, 0.2) is 0 Å². The van der Waals surface area contributed by atoms with Crippen LogP contribution in [0.15, 0.2) is 23.8 Å². The normalized spacial score (nSPS) is 28.6. The lowest BCUT2D eigenvalue weighted by Crippen LogP contribution is -2.55. The van der Waals surface area contributed by atoms with Gasteiger partial charge in [-0.15, -0.1) is 0 Å². The van der Waals surface area contributed by atoms with E-state index >= 15 is 0 Å². The summed E-state index contributed by atoms with van der Waals surface area (Å²) in [7, 11) is 0. The molecule has 0 aromatic rings. The average molecular weight is 227 g/mol. The predicted octanol–water partition coefficient (Wildman–Crippen LogP) is -0.434. The Hall–Kier alpha value is -1.66. The summed E-state index contributed by atoms with van der Waals surface area (Å²) in [6.07, 6.45) is 4.10. The van der Waals surface area contributed by atoms with Crippen molar-refractivity contribution in [3.8, 4) is 0 Å². The Morgan fingerprint density at radius 2 is 2.12 bits per heavy atom. The number of hydrogen-bond donors (Lipinski definition) is 4. The molecule has 6 heteroatoms. The second-order valence-electron chi connectivity index (χ2n) is 3.62. The minimum absolute atomic E-state index is 0.0866. The van der Waals surface area contributed by atoms with Gasteiger partial charge in [0.1, 0.15) is 0 Å². The number of carboxylic acids is 2. The molecule has 0 heterocycles. The molecule has 0 aromatic carbocycles. The first kappa shape index (κ1) is 12.4. The van der Waals surface area contributed by atoms with Gasteiger partial charge in [-0.1, -0.05) is 18.2 Å². The van der Waals surface area contributed by atoms with Crippen molar-refractivity contribution < 1.29 is 24.9 Å². The zero-order valence-corrected chi connectivity index (χ0v) is 8.67. The lowest BCUT2D eigenvalue weighted by Gasteiger charge is -2.36. The SMILES string of the molecule is CC1(NCO)C(C(=O)O)=CC=CC1C(=O)O. The van der Waals surface area contributed by atoms with Gasteiger partial charge in [0.05, 0.1) is 23.8 Å². The minimum Gasteiger partial charge on any atom is -0.481 e. The van der Waals surface area contributed by atoms with Gasteiger partial charge in [-0.2, -0.15) is 0 Å². The predicted molar refractivity (Wildman–Crippen MR) is 54.6 cm³/mol. The zero-order valence-electron chi connectivity index (χ0n) is 8.67. The van der Waals surface area contributed by atoms with Crippen molar-refractivity contribution >= 4 is 11.9 Å². The maximum atomic E-state index is 11.0. The summed E-state index contributed by atoms with van der Waals surface area (Å²) >= 11 is 0. The summed E-state index contributed by atoms with van der Waals surface area (Å²) in [5.41, 5.74) is -1.40. The van der Waals surface area contributed by atoms with E-state index < -0.39 is 30.1 Å². The van der Waals surface area contributed by atoms with Crippen molar-refractivity contribution in [3.63, 3.8) is 0 Å². The number of aliphatic hydroxyl groups is 1. The number of aliphatic hydroxyl groups excluding tert-OH is 1. The van der Waals surface area contributed by atoms with Crippen LogP contribution in [0.2, 0.25) is 0 Å². The van der Waals surface area contributed by atoms with E-state index in [4.69, 9.17) is 15.3 Å². The third-order valence-electron chi connectivity index (χ3n) is 2.69. The molecule has 0 bridgehead atoms. The van der Waals surface area contributed by atoms with Gasteiger partial charge in [0.2, 0.25) is 0 Å². The van der Waals surface area contributed by atoms with E-state index in [1.807, 2.05) is 0 Å². The van der Waals surface area contributed by atoms with Gasteiger partial charge >= 0.3 is 11.9 Å². The quantitative estimate of drug-likeness (QED) is 0.485. The molecule has 0 saturated heterocycles. The van der Waals surface area contributed by atoms with Crippen LogP contribution in [-0.4, -0.2) is 39.5 Å². The van der Waals surface area contributed by atoms with Crippen molar-refractivity contribution in [2.75, 3.05) is 6.73 Å². The molecule has 2 unspecified atom stereocenters. The van der Waals surface area contributed by atoms with Crippen LogP contribution in [0.4, 0.5) is 0 Å². The fourth-order valence-corrected chi connectivity index (χ4v) is 1.79. The van der Waals surface area contributed by atoms with Gasteiger partial charge in [0, 0.05) is 0 Å². The number of carboxylic acid groups (broad SMARTS) is 2. The molecule has 16 heavy (non-hydrogen) atoms. The highest BCUT2D eigenvalue weighted by Gasteiger charge is 2.44. The van der Waals surface area contributed by atoms with E-state index in [2.05, 4.69) is 5.32 Å². The molecule has 2 atom stereocenters. The summed E-state index contributed by atoms with van der Waals surface area (Å²) < 4.78 is 0. The van der Waals surface area contributed by atoms with Gasteiger partial charge in [-0.25, -0.2) is 4.79 Å². The summed E-state index contributed by atoms with van der Waals surface area (Å²) in [6.45, 7) is 0.935. The molecule has 0 amide bonds. The van der Waals surface area contributed by atoms with E-state index in [1.165, 1.54) is 25.2 Å². The molecule has 0 saturated carbocycles. The number of allylic oxidation sites excluding steroid dienone is 2. The maximum absolute atomic E-state index is 11.0. The van der Waals surface area contributed by atoms with Gasteiger partial charge in [-0.3, -0.25) is 10.1 Å². The highest BCUT2D eigenvalue weighted by Crippen LogP contribution is 2.31. The summed E-state index contributed by atoms with van der Waals surface area (Å²) in [5.74, 6) is -3.39. The third kappa shape index (κ3) is 1.98. The summed E-state index contributed by atoms with van der Waals surface area (Å²) in [6, 6.07) is 0. The number of carbonyl (C=O) groups is 2. The lowest BCUT2D eigenvalue weighted by atomic mass is 9.76. The molecule has 4 N–H and O–H groups in total. The summed E-state index contributed by atoms with van der Waals surface area (Å²) in [5, 5.41) is 29.3. The molecule has 0 spiro atoms. The summed E-state index contributed by atoms with van der Waals surface area (Å²) in [4.78, 5) is 22.0. The Morgan fingerprint density at radius 3 is 2.56 bits per heavy atom. The number of aliphatic carboxylic acids is 2. The molecule has 88 valence electrons. The minimum atomic E-state index is -1.32. The Bertz CT molecular complexity index is 373. The highest BCUT2D eigenvalue weighted by atomic mass is 16.4. The first-order valence-corrected chi connectivity index (χ1v) is 4.64. The molecule has 6 nitrogen and oxygen atoms in total. The number of nitrogens with one attached hydrogen (secondary N) is 1. The molecule has 1 aliphatic carbocycles. The average Bonchev–Trinajstić information content (AvgIpc) is 2.16. The Balaban J connectivity index is 3.19. The first-order valence-electron chi connectivity index (χ1n) is 4.64. The van der Waals surface area contributed by atoms with E-state index in [0.29, 0.717) is 0 Å². The first-order chi connectivity index (χ1) is 7.43. The number of hydrogen-bond acceptors (Lipinski definition) is 4. The smallest absolute Gasteiger partial charge is 0.333 e. The Morgan fingerprint density at radius 1 is 1.50 bits per heavy atom. The fraction of sp³-hybridized carbons (Fsp3) is 0.400. The van der Waals surface area contributed by atoms with E-state index in [1.54, 1.807) is 0 Å². The second-order valence-corrected chi connectivity index (χ2v) is 3.62. The number of rotatable bonds is 4. The van der Waals surface area contributed by atoms with Crippen molar-refractivity contribution in [1.29, 1.82) is 0 Å². The molecule has 1 aliphatic rings. The van der Waals surface area contributed by atoms with E-state index in [-0.39, 0.29) is 5.57 Å². The van der Waals surface area contributed by atoms with E-state index in [9.17, 15) is 9.59 Å². The largest absolute Gasteiger partial charge is 0.481 e. The van der Waals surface area contributed by atoms with Crippen LogP contribution in [0.25, 0.3) is 0 Å². The molecular weight excluding hydrogens is 214 g/mol. The lowest BCUT2D eigenvalue weighted by molar-refractivity contribution is -0.142. The van der Waals surface area contributed by atoms with Gasteiger partial charge in [-0.05, 0) is 6.92 Å². The van der Waals surface area contributed by atoms with Crippen LogP contribution < -0.4 is 5.32 Å². The molecule has 0 aromatic heterocycles. The third-order valence-corrected chi connectivity index (χ3v) is 2.69. The van der Waals surface area contributed by atoms with Crippen LogP contribution in [0.5, 0.6) is 0 Å². The highest BCUT2D eigenvalue weighted by molar-refractivity contribution is 5.92. The fourth-order valence-electron chi connectivity index (χ4n) is 1.79. The Kier molecular flexibility index (Phi) is 3.46. The monoisotopic (exact) mass is 227 g/mol. The van der Waals surface area contributed by atoms with Crippen LogP contribution in [0.3, 0.4) is 0 Å². The standard InChI is InChI=1S/C10H13NO5/c1-10(11-5-12)6(8(13)14)3-2-4-7(10)9(15)16/h2-4,6,11-12H,5H2,1H3,(H,13,14)(H,15,16). The second kappa shape index (κ2) is 4.46. The molecule has 1 rings (SSSR count). The van der Waals surface area contributed by atoms with Crippen LogP contribution >= 0.6 is 0 Å². The van der Waals surface area contributed by atoms with E-state index in [0.717, 1.165) is 0 Å². The topological polar surface area (TPSA) is 107 Å². The van der Waals surface area contributed by atoms with Gasteiger partial charge < -0.3 is 15.3 Å². The molecule has 0 radical (unpaired) electrons. The molecule has 0 aliphatic heterocycles.